The predicted octanol–water partition coefficient (Wildman–Crippen LogP) is 1.84. The molecule has 0 spiro atoms. The Hall–Kier alpha value is -3.09. The number of ether oxygens (including phenoxy) is 2. The summed E-state index contributed by atoms with van der Waals surface area (Å²) in [6.45, 7) is 2.78. The van der Waals surface area contributed by atoms with Crippen molar-refractivity contribution >= 4 is 0 Å². The van der Waals surface area contributed by atoms with Gasteiger partial charge in [-0.1, -0.05) is 0 Å². The van der Waals surface area contributed by atoms with Crippen molar-refractivity contribution in [3.8, 4) is 28.6 Å². The summed E-state index contributed by atoms with van der Waals surface area (Å²) in [5.74, 6) is 1.98. The van der Waals surface area contributed by atoms with E-state index in [4.69, 9.17) is 9.47 Å². The lowest BCUT2D eigenvalue weighted by molar-refractivity contribution is 0.174. The molecule has 0 atom stereocenters. The summed E-state index contributed by atoms with van der Waals surface area (Å²) in [6, 6.07) is 8.97. The summed E-state index contributed by atoms with van der Waals surface area (Å²) < 4.78 is 14.0. The van der Waals surface area contributed by atoms with Gasteiger partial charge in [0, 0.05) is 30.4 Å². The highest BCUT2D eigenvalue weighted by Crippen LogP contribution is 2.34. The SMILES string of the molecule is CCn1ccc(-c2ncnn2-c2ccc3c(c2)OCO3)cc1=O. The average molecular weight is 310 g/mol. The molecule has 4 rings (SSSR count). The van der Waals surface area contributed by atoms with Gasteiger partial charge in [-0.25, -0.2) is 9.67 Å². The lowest BCUT2D eigenvalue weighted by Crippen LogP contribution is -2.17. The third-order valence-electron chi connectivity index (χ3n) is 3.74. The molecule has 116 valence electrons. The fourth-order valence-electron chi connectivity index (χ4n) is 2.55. The summed E-state index contributed by atoms with van der Waals surface area (Å²) in [6.07, 6.45) is 3.22. The first kappa shape index (κ1) is 13.6. The largest absolute Gasteiger partial charge is 0.454 e. The molecule has 0 aliphatic carbocycles. The Morgan fingerprint density at radius 2 is 2.04 bits per heavy atom. The number of aryl methyl sites for hydroxylation is 1. The minimum atomic E-state index is -0.0646. The van der Waals surface area contributed by atoms with Gasteiger partial charge in [-0.05, 0) is 25.1 Å². The van der Waals surface area contributed by atoms with Crippen LogP contribution in [0, 0.1) is 0 Å². The van der Waals surface area contributed by atoms with Gasteiger partial charge in [0.25, 0.3) is 5.56 Å². The Labute approximate surface area is 131 Å². The van der Waals surface area contributed by atoms with Crippen molar-refractivity contribution in [2.75, 3.05) is 6.79 Å². The van der Waals surface area contributed by atoms with E-state index in [-0.39, 0.29) is 12.4 Å². The van der Waals surface area contributed by atoms with Gasteiger partial charge in [0.05, 0.1) is 5.69 Å². The van der Waals surface area contributed by atoms with Gasteiger partial charge in [0.15, 0.2) is 17.3 Å². The van der Waals surface area contributed by atoms with Crippen LogP contribution >= 0.6 is 0 Å². The van der Waals surface area contributed by atoms with E-state index in [1.165, 1.54) is 6.33 Å². The maximum atomic E-state index is 12.0. The molecule has 1 aliphatic rings. The zero-order valence-electron chi connectivity index (χ0n) is 12.5. The summed E-state index contributed by atoms with van der Waals surface area (Å²) >= 11 is 0. The molecule has 1 aromatic carbocycles. The van der Waals surface area contributed by atoms with Crippen LogP contribution in [0.25, 0.3) is 17.1 Å². The normalized spacial score (nSPS) is 12.6. The highest BCUT2D eigenvalue weighted by molar-refractivity contribution is 5.58. The standard InChI is InChI=1S/C16H14N4O3/c1-2-19-6-5-11(7-15(19)21)16-17-9-18-20(16)12-3-4-13-14(8-12)23-10-22-13/h3-9H,2,10H2,1H3. The number of benzene rings is 1. The second-order valence-electron chi connectivity index (χ2n) is 5.07. The van der Waals surface area contributed by atoms with Gasteiger partial charge < -0.3 is 14.0 Å². The van der Waals surface area contributed by atoms with Gasteiger partial charge in [0.2, 0.25) is 6.79 Å². The molecule has 0 fully saturated rings. The number of rotatable bonds is 3. The second kappa shape index (κ2) is 5.28. The number of aromatic nitrogens is 4. The van der Waals surface area contributed by atoms with E-state index in [9.17, 15) is 4.79 Å². The molecule has 0 N–H and O–H groups in total. The van der Waals surface area contributed by atoms with Crippen LogP contribution in [0.3, 0.4) is 0 Å². The fraction of sp³-hybridized carbons (Fsp3) is 0.188. The third-order valence-corrected chi connectivity index (χ3v) is 3.74. The van der Waals surface area contributed by atoms with E-state index in [0.29, 0.717) is 23.9 Å². The predicted molar refractivity (Wildman–Crippen MR) is 82.9 cm³/mol. The number of fused-ring (bicyclic) bond motifs is 1. The van der Waals surface area contributed by atoms with Crippen LogP contribution in [-0.2, 0) is 6.54 Å². The summed E-state index contributed by atoms with van der Waals surface area (Å²) in [4.78, 5) is 16.3. The molecule has 3 heterocycles. The average Bonchev–Trinajstić information content (AvgIpc) is 3.23. The molecule has 23 heavy (non-hydrogen) atoms. The number of hydrogen-bond donors (Lipinski definition) is 0. The van der Waals surface area contributed by atoms with E-state index in [2.05, 4.69) is 10.1 Å². The zero-order chi connectivity index (χ0) is 15.8. The Morgan fingerprint density at radius 1 is 1.17 bits per heavy atom. The van der Waals surface area contributed by atoms with E-state index < -0.39 is 0 Å². The van der Waals surface area contributed by atoms with E-state index in [0.717, 1.165) is 11.3 Å². The van der Waals surface area contributed by atoms with Crippen LogP contribution in [0.5, 0.6) is 11.5 Å². The molecular formula is C16H14N4O3. The van der Waals surface area contributed by atoms with Crippen LogP contribution in [0.4, 0.5) is 0 Å². The monoisotopic (exact) mass is 310 g/mol. The van der Waals surface area contributed by atoms with Crippen molar-refractivity contribution in [2.24, 2.45) is 0 Å². The van der Waals surface area contributed by atoms with Crippen molar-refractivity contribution in [3.05, 3.63) is 53.2 Å². The van der Waals surface area contributed by atoms with Crippen LogP contribution < -0.4 is 15.0 Å². The van der Waals surface area contributed by atoms with Crippen molar-refractivity contribution in [3.63, 3.8) is 0 Å². The second-order valence-corrected chi connectivity index (χ2v) is 5.07. The maximum Gasteiger partial charge on any atom is 0.251 e. The lowest BCUT2D eigenvalue weighted by Gasteiger charge is -2.08. The molecule has 2 aromatic heterocycles. The Bertz CT molecular complexity index is 929. The summed E-state index contributed by atoms with van der Waals surface area (Å²) in [5.41, 5.74) is 1.45. The van der Waals surface area contributed by atoms with Gasteiger partial charge in [0.1, 0.15) is 6.33 Å². The van der Waals surface area contributed by atoms with Crippen molar-refractivity contribution in [2.45, 2.75) is 13.5 Å². The van der Waals surface area contributed by atoms with Crippen LogP contribution in [-0.4, -0.2) is 26.1 Å². The van der Waals surface area contributed by atoms with E-state index in [1.54, 1.807) is 21.5 Å². The molecule has 0 unspecified atom stereocenters. The molecule has 0 bridgehead atoms. The summed E-state index contributed by atoms with van der Waals surface area (Å²) in [7, 11) is 0. The summed E-state index contributed by atoms with van der Waals surface area (Å²) in [5, 5.41) is 4.26. The first-order valence-corrected chi connectivity index (χ1v) is 7.27. The highest BCUT2D eigenvalue weighted by Gasteiger charge is 2.16. The lowest BCUT2D eigenvalue weighted by atomic mass is 10.2. The van der Waals surface area contributed by atoms with Gasteiger partial charge in [-0.15, -0.1) is 0 Å². The smallest absolute Gasteiger partial charge is 0.251 e. The minimum Gasteiger partial charge on any atom is -0.454 e. The first-order valence-electron chi connectivity index (χ1n) is 7.27. The molecule has 0 amide bonds. The highest BCUT2D eigenvalue weighted by atomic mass is 16.7. The Balaban J connectivity index is 1.80. The van der Waals surface area contributed by atoms with Crippen LogP contribution in [0.1, 0.15) is 6.92 Å². The minimum absolute atomic E-state index is 0.0646. The molecule has 7 heteroatoms. The number of hydrogen-bond acceptors (Lipinski definition) is 5. The molecule has 0 radical (unpaired) electrons. The van der Waals surface area contributed by atoms with Crippen molar-refractivity contribution in [1.82, 2.24) is 19.3 Å². The fourth-order valence-corrected chi connectivity index (χ4v) is 2.55. The van der Waals surface area contributed by atoms with Crippen molar-refractivity contribution in [1.29, 1.82) is 0 Å². The van der Waals surface area contributed by atoms with Crippen molar-refractivity contribution < 1.29 is 9.47 Å². The molecule has 7 nitrogen and oxygen atoms in total. The topological polar surface area (TPSA) is 71.2 Å². The van der Waals surface area contributed by atoms with E-state index in [1.807, 2.05) is 31.2 Å². The molecule has 0 saturated heterocycles. The van der Waals surface area contributed by atoms with Gasteiger partial charge in [-0.3, -0.25) is 4.79 Å². The van der Waals surface area contributed by atoms with E-state index >= 15 is 0 Å². The first-order chi connectivity index (χ1) is 11.3. The third kappa shape index (κ3) is 2.26. The number of pyridine rings is 1. The van der Waals surface area contributed by atoms with Crippen LogP contribution in [0.2, 0.25) is 0 Å². The molecule has 1 aliphatic heterocycles. The Kier molecular flexibility index (Phi) is 3.11. The van der Waals surface area contributed by atoms with Gasteiger partial charge >= 0.3 is 0 Å². The Morgan fingerprint density at radius 3 is 2.87 bits per heavy atom. The van der Waals surface area contributed by atoms with Gasteiger partial charge in [-0.2, -0.15) is 5.10 Å². The zero-order valence-corrected chi connectivity index (χ0v) is 12.5. The number of nitrogens with zero attached hydrogens (tertiary/aromatic N) is 4. The van der Waals surface area contributed by atoms with Crippen LogP contribution in [0.15, 0.2) is 47.7 Å². The quantitative estimate of drug-likeness (QED) is 0.738. The molecule has 3 aromatic rings. The molecular weight excluding hydrogens is 296 g/mol. The molecule has 0 saturated carbocycles. The maximum absolute atomic E-state index is 12.0.